The number of carbonyl (C=O) groups excluding carboxylic acids is 3. The minimum atomic E-state index is -1.16. The van der Waals surface area contributed by atoms with E-state index in [1.807, 2.05) is 0 Å². The van der Waals surface area contributed by atoms with E-state index in [0.29, 0.717) is 11.1 Å². The molecule has 2 aromatic rings. The van der Waals surface area contributed by atoms with E-state index in [2.05, 4.69) is 4.84 Å². The van der Waals surface area contributed by atoms with Crippen LogP contribution < -0.4 is 10.4 Å². The molecule has 0 saturated heterocycles. The molecular weight excluding hydrogens is 306 g/mol. The van der Waals surface area contributed by atoms with Gasteiger partial charge in [-0.25, -0.2) is 9.59 Å². The number of hydrogen-bond acceptors (Lipinski definition) is 7. The van der Waals surface area contributed by atoms with Gasteiger partial charge in [0.2, 0.25) is 0 Å². The highest BCUT2D eigenvalue weighted by atomic mass is 16.7. The Labute approximate surface area is 130 Å². The number of hydroxylamine groups is 2. The summed E-state index contributed by atoms with van der Waals surface area (Å²) in [5.74, 6) is -1.40. The molecule has 0 spiro atoms. The van der Waals surface area contributed by atoms with Crippen LogP contribution >= 0.6 is 0 Å². The highest BCUT2D eigenvalue weighted by Crippen LogP contribution is 2.20. The zero-order chi connectivity index (χ0) is 17.0. The maximum atomic E-state index is 12.0. The molecule has 0 fully saturated rings. The van der Waals surface area contributed by atoms with Crippen molar-refractivity contribution in [3.63, 3.8) is 0 Å². The van der Waals surface area contributed by atoms with E-state index in [0.717, 1.165) is 0 Å². The molecule has 23 heavy (non-hydrogen) atoms. The Kier molecular flexibility index (Phi) is 4.75. The molecule has 0 atom stereocenters. The van der Waals surface area contributed by atoms with E-state index in [-0.39, 0.29) is 23.5 Å². The summed E-state index contributed by atoms with van der Waals surface area (Å²) >= 11 is 0. The molecule has 1 heterocycles. The molecule has 8 nitrogen and oxygen atoms in total. The zero-order valence-electron chi connectivity index (χ0n) is 12.4. The largest absolute Gasteiger partial charge is 0.497 e. The predicted molar refractivity (Wildman–Crippen MR) is 77.7 cm³/mol. The van der Waals surface area contributed by atoms with Gasteiger partial charge in [-0.05, 0) is 18.2 Å². The third-order valence-electron chi connectivity index (χ3n) is 2.99. The fourth-order valence-electron chi connectivity index (χ4n) is 1.79. The van der Waals surface area contributed by atoms with Gasteiger partial charge in [-0.2, -0.15) is 0 Å². The average Bonchev–Trinajstić information content (AvgIpc) is 2.57. The molecule has 2 rings (SSSR count). The molecule has 0 aliphatic heterocycles. The first kappa shape index (κ1) is 16.2. The van der Waals surface area contributed by atoms with Crippen LogP contribution in [-0.2, 0) is 14.4 Å². The van der Waals surface area contributed by atoms with Gasteiger partial charge in [0.25, 0.3) is 12.3 Å². The van der Waals surface area contributed by atoms with Crippen molar-refractivity contribution in [2.75, 3.05) is 7.11 Å². The van der Waals surface area contributed by atoms with Crippen molar-refractivity contribution in [3.05, 3.63) is 40.2 Å². The molecule has 0 bridgehead atoms. The van der Waals surface area contributed by atoms with Gasteiger partial charge in [0.05, 0.1) is 7.11 Å². The number of rotatable bonds is 4. The number of carbonyl (C=O) groups is 3. The van der Waals surface area contributed by atoms with Crippen LogP contribution in [0, 0.1) is 0 Å². The highest BCUT2D eigenvalue weighted by molar-refractivity contribution is 5.95. The van der Waals surface area contributed by atoms with Crippen LogP contribution in [0.5, 0.6) is 5.75 Å². The lowest BCUT2D eigenvalue weighted by atomic mass is 10.2. The first-order chi connectivity index (χ1) is 11.0. The van der Waals surface area contributed by atoms with Gasteiger partial charge in [-0.15, -0.1) is 5.06 Å². The van der Waals surface area contributed by atoms with Crippen LogP contribution in [0.15, 0.2) is 33.5 Å². The Balaban J connectivity index is 2.37. The number of imide groups is 1. The number of benzene rings is 1. The quantitative estimate of drug-likeness (QED) is 0.475. The maximum Gasteiger partial charge on any atom is 0.371 e. The van der Waals surface area contributed by atoms with Crippen molar-refractivity contribution in [1.82, 2.24) is 5.06 Å². The SMILES string of the molecule is CCC(=O)N(C=O)OC(=O)c1cc2ccc(OC)cc2oc1=O. The molecule has 0 saturated carbocycles. The van der Waals surface area contributed by atoms with E-state index < -0.39 is 23.1 Å². The minimum Gasteiger partial charge on any atom is -0.497 e. The molecule has 0 N–H and O–H groups in total. The van der Waals surface area contributed by atoms with Gasteiger partial charge in [0.15, 0.2) is 0 Å². The lowest BCUT2D eigenvalue weighted by Crippen LogP contribution is -2.33. The molecule has 1 aromatic heterocycles. The molecule has 2 amide bonds. The second-order valence-electron chi connectivity index (χ2n) is 4.41. The van der Waals surface area contributed by atoms with E-state index in [9.17, 15) is 19.2 Å². The summed E-state index contributed by atoms with van der Waals surface area (Å²) in [5, 5.41) is 0.691. The van der Waals surface area contributed by atoms with E-state index in [4.69, 9.17) is 9.15 Å². The number of ether oxygens (including phenoxy) is 1. The van der Waals surface area contributed by atoms with Crippen molar-refractivity contribution in [3.8, 4) is 5.75 Å². The van der Waals surface area contributed by atoms with E-state index in [1.165, 1.54) is 26.2 Å². The Morgan fingerprint density at radius 1 is 1.30 bits per heavy atom. The molecule has 0 aliphatic rings. The van der Waals surface area contributed by atoms with E-state index >= 15 is 0 Å². The Bertz CT molecular complexity index is 824. The summed E-state index contributed by atoms with van der Waals surface area (Å²) in [6, 6.07) is 5.95. The van der Waals surface area contributed by atoms with Crippen LogP contribution in [0.3, 0.4) is 0 Å². The number of methoxy groups -OCH3 is 1. The number of hydrogen-bond donors (Lipinski definition) is 0. The van der Waals surface area contributed by atoms with Crippen LogP contribution in [0.1, 0.15) is 23.7 Å². The molecular formula is C15H13NO7. The van der Waals surface area contributed by atoms with Crippen LogP contribution in [0.25, 0.3) is 11.0 Å². The fourth-order valence-corrected chi connectivity index (χ4v) is 1.79. The van der Waals surface area contributed by atoms with Crippen LogP contribution in [0.2, 0.25) is 0 Å². The lowest BCUT2D eigenvalue weighted by Gasteiger charge is -2.12. The number of amides is 2. The van der Waals surface area contributed by atoms with Gasteiger partial charge >= 0.3 is 11.6 Å². The summed E-state index contributed by atoms with van der Waals surface area (Å²) in [7, 11) is 1.46. The number of fused-ring (bicyclic) bond motifs is 1. The van der Waals surface area contributed by atoms with Crippen molar-refractivity contribution in [1.29, 1.82) is 0 Å². The second kappa shape index (κ2) is 6.73. The van der Waals surface area contributed by atoms with Gasteiger partial charge in [-0.3, -0.25) is 9.59 Å². The summed E-state index contributed by atoms with van der Waals surface area (Å²) in [4.78, 5) is 50.6. The van der Waals surface area contributed by atoms with Gasteiger partial charge < -0.3 is 14.0 Å². The van der Waals surface area contributed by atoms with E-state index in [1.54, 1.807) is 12.1 Å². The van der Waals surface area contributed by atoms with Crippen molar-refractivity contribution >= 4 is 29.3 Å². The van der Waals surface area contributed by atoms with Crippen molar-refractivity contribution in [2.45, 2.75) is 13.3 Å². The van der Waals surface area contributed by atoms with Crippen LogP contribution in [0.4, 0.5) is 0 Å². The summed E-state index contributed by atoms with van der Waals surface area (Å²) in [6.45, 7) is 1.49. The van der Waals surface area contributed by atoms with Gasteiger partial charge in [0, 0.05) is 17.9 Å². The standard InChI is InChI=1S/C15H13NO7/c1-3-13(18)16(8-17)23-15(20)11-6-9-4-5-10(21-2)7-12(9)22-14(11)19/h4-8H,3H2,1-2H3. The van der Waals surface area contributed by atoms with Gasteiger partial charge in [-0.1, -0.05) is 6.92 Å². The minimum absolute atomic E-state index is 0.0435. The monoisotopic (exact) mass is 319 g/mol. The third-order valence-corrected chi connectivity index (χ3v) is 2.99. The zero-order valence-corrected chi connectivity index (χ0v) is 12.4. The smallest absolute Gasteiger partial charge is 0.371 e. The Morgan fingerprint density at radius 3 is 2.65 bits per heavy atom. The average molecular weight is 319 g/mol. The Hall–Kier alpha value is -3.16. The highest BCUT2D eigenvalue weighted by Gasteiger charge is 2.21. The maximum absolute atomic E-state index is 12.0. The first-order valence-corrected chi connectivity index (χ1v) is 6.61. The Morgan fingerprint density at radius 2 is 2.04 bits per heavy atom. The fraction of sp³-hybridized carbons (Fsp3) is 0.200. The normalized spacial score (nSPS) is 10.2. The molecule has 0 unspecified atom stereocenters. The second-order valence-corrected chi connectivity index (χ2v) is 4.41. The molecule has 8 heteroatoms. The molecule has 0 aliphatic carbocycles. The summed E-state index contributed by atoms with van der Waals surface area (Å²) in [6.07, 6.45) is 0.00933. The van der Waals surface area contributed by atoms with Gasteiger partial charge in [0.1, 0.15) is 16.9 Å². The lowest BCUT2D eigenvalue weighted by molar-refractivity contribution is -0.171. The van der Waals surface area contributed by atoms with Crippen LogP contribution in [-0.4, -0.2) is 30.5 Å². The topological polar surface area (TPSA) is 103 Å². The summed E-state index contributed by atoms with van der Waals surface area (Å²) < 4.78 is 10.0. The summed E-state index contributed by atoms with van der Waals surface area (Å²) in [5.41, 5.74) is -1.16. The molecule has 120 valence electrons. The number of nitrogens with zero attached hydrogens (tertiary/aromatic N) is 1. The third kappa shape index (κ3) is 3.37. The predicted octanol–water partition coefficient (Wildman–Crippen LogP) is 1.27. The first-order valence-electron chi connectivity index (χ1n) is 6.61. The molecule has 0 radical (unpaired) electrons. The van der Waals surface area contributed by atoms with Crippen molar-refractivity contribution in [2.24, 2.45) is 0 Å². The molecule has 1 aromatic carbocycles. The van der Waals surface area contributed by atoms with Crippen molar-refractivity contribution < 1.29 is 28.4 Å².